The largest absolute Gasteiger partial charge is 0.361 e. The van der Waals surface area contributed by atoms with Gasteiger partial charge in [0.1, 0.15) is 18.0 Å². The van der Waals surface area contributed by atoms with Crippen molar-refractivity contribution in [3.05, 3.63) is 91.1 Å². The van der Waals surface area contributed by atoms with Crippen LogP contribution < -0.4 is 15.1 Å². The summed E-state index contributed by atoms with van der Waals surface area (Å²) in [5.41, 5.74) is 4.44. The Morgan fingerprint density at radius 2 is 1.55 bits per heavy atom. The van der Waals surface area contributed by atoms with Crippen LogP contribution in [0.2, 0.25) is 0 Å². The minimum absolute atomic E-state index is 0.492. The Balaban J connectivity index is 1.21. The van der Waals surface area contributed by atoms with Gasteiger partial charge in [0.2, 0.25) is 5.95 Å². The van der Waals surface area contributed by atoms with E-state index in [9.17, 15) is 0 Å². The first kappa shape index (κ1) is 22.2. The predicted molar refractivity (Wildman–Crippen MR) is 149 cm³/mol. The van der Waals surface area contributed by atoms with Crippen LogP contribution in [-0.2, 0) is 6.54 Å². The molecule has 7 rings (SSSR count). The maximum Gasteiger partial charge on any atom is 0.229 e. The number of nitrogens with one attached hydrogen (secondary N) is 2. The van der Waals surface area contributed by atoms with Crippen molar-refractivity contribution in [2.45, 2.75) is 6.54 Å². The monoisotopic (exact) mass is 502 g/mol. The fourth-order valence-corrected chi connectivity index (χ4v) is 4.86. The Hall–Kier alpha value is -4.99. The van der Waals surface area contributed by atoms with Gasteiger partial charge in [0.15, 0.2) is 17.0 Å². The van der Waals surface area contributed by atoms with Crippen molar-refractivity contribution in [1.82, 2.24) is 34.5 Å². The van der Waals surface area contributed by atoms with Gasteiger partial charge >= 0.3 is 0 Å². The number of hydrogen-bond donors (Lipinski definition) is 2. The highest BCUT2D eigenvalue weighted by molar-refractivity contribution is 5.85. The van der Waals surface area contributed by atoms with Gasteiger partial charge in [-0.15, -0.1) is 0 Å². The third-order valence-electron chi connectivity index (χ3n) is 6.82. The van der Waals surface area contributed by atoms with Crippen molar-refractivity contribution in [2.75, 3.05) is 41.3 Å². The smallest absolute Gasteiger partial charge is 0.229 e. The summed E-state index contributed by atoms with van der Waals surface area (Å²) < 4.78 is 2.01. The van der Waals surface area contributed by atoms with Gasteiger partial charge in [-0.2, -0.15) is 9.97 Å². The van der Waals surface area contributed by atoms with E-state index >= 15 is 0 Å². The van der Waals surface area contributed by atoms with Gasteiger partial charge < -0.3 is 20.1 Å². The Morgan fingerprint density at radius 3 is 2.37 bits per heavy atom. The fraction of sp³-hybridized carbons (Fsp3) is 0.179. The van der Waals surface area contributed by atoms with E-state index in [1.165, 1.54) is 0 Å². The number of aromatic nitrogens is 7. The lowest BCUT2D eigenvalue weighted by atomic mass is 10.3. The van der Waals surface area contributed by atoms with E-state index in [1.807, 2.05) is 71.7 Å². The molecule has 1 aliphatic rings. The average Bonchev–Trinajstić information content (AvgIpc) is 3.61. The van der Waals surface area contributed by atoms with Gasteiger partial charge in [-0.1, -0.05) is 36.4 Å². The van der Waals surface area contributed by atoms with Crippen molar-refractivity contribution in [2.24, 2.45) is 0 Å². The van der Waals surface area contributed by atoms with Gasteiger partial charge in [0.25, 0.3) is 0 Å². The van der Waals surface area contributed by atoms with Gasteiger partial charge in [0, 0.05) is 38.1 Å². The molecule has 0 radical (unpaired) electrons. The van der Waals surface area contributed by atoms with Crippen molar-refractivity contribution >= 4 is 39.8 Å². The molecule has 0 atom stereocenters. The predicted octanol–water partition coefficient (Wildman–Crippen LogP) is 4.03. The standard InChI is InChI=1S/C28H26N10/c1-2-8-20(9-3-1)38-19-31-25-26(30-18-23-32-21-10-4-5-11-22(21)33-23)34-28(35-27(25)38)37-16-14-36(15-17-37)24-12-6-7-13-29-24/h1-13,19H,14-18H2,(H,32,33)(H,30,34,35). The second-order valence-corrected chi connectivity index (χ2v) is 9.21. The van der Waals surface area contributed by atoms with Crippen molar-refractivity contribution in [1.29, 1.82) is 0 Å². The van der Waals surface area contributed by atoms with Crippen LogP contribution in [-0.4, -0.2) is 60.6 Å². The molecule has 1 fully saturated rings. The number of imidazole rings is 2. The average molecular weight is 503 g/mol. The maximum absolute atomic E-state index is 5.00. The molecule has 0 aliphatic carbocycles. The molecule has 188 valence electrons. The first-order chi connectivity index (χ1) is 18.8. The molecule has 6 aromatic rings. The normalized spacial score (nSPS) is 13.9. The molecule has 2 N–H and O–H groups in total. The lowest BCUT2D eigenvalue weighted by molar-refractivity contribution is 0.635. The SMILES string of the molecule is c1ccc(-n2cnc3c(NCc4nc5ccccc5[nH]4)nc(N4CCN(c5ccccn5)CC4)nc32)cc1. The van der Waals surface area contributed by atoms with Crippen LogP contribution in [0.1, 0.15) is 5.82 Å². The number of nitrogens with zero attached hydrogens (tertiary/aromatic N) is 8. The second kappa shape index (κ2) is 9.47. The summed E-state index contributed by atoms with van der Waals surface area (Å²) in [4.78, 5) is 31.8. The van der Waals surface area contributed by atoms with E-state index < -0.39 is 0 Å². The summed E-state index contributed by atoms with van der Waals surface area (Å²) in [6.07, 6.45) is 3.65. The third kappa shape index (κ3) is 4.15. The number of pyridine rings is 1. The zero-order valence-electron chi connectivity index (χ0n) is 20.7. The van der Waals surface area contributed by atoms with Crippen LogP contribution in [0.4, 0.5) is 17.6 Å². The highest BCUT2D eigenvalue weighted by Crippen LogP contribution is 2.26. The molecule has 2 aromatic carbocycles. The minimum Gasteiger partial charge on any atom is -0.361 e. The minimum atomic E-state index is 0.492. The van der Waals surface area contributed by atoms with Crippen LogP contribution >= 0.6 is 0 Å². The molecular formula is C28H26N10. The van der Waals surface area contributed by atoms with E-state index in [0.29, 0.717) is 18.3 Å². The molecule has 10 heteroatoms. The van der Waals surface area contributed by atoms with Crippen molar-refractivity contribution in [3.8, 4) is 5.69 Å². The summed E-state index contributed by atoms with van der Waals surface area (Å²) in [6, 6.07) is 24.2. The van der Waals surface area contributed by atoms with Crippen LogP contribution in [0.15, 0.2) is 85.3 Å². The number of hydrogen-bond acceptors (Lipinski definition) is 8. The van der Waals surface area contributed by atoms with Crippen molar-refractivity contribution in [3.63, 3.8) is 0 Å². The summed E-state index contributed by atoms with van der Waals surface area (Å²) >= 11 is 0. The Morgan fingerprint density at radius 1 is 0.763 bits per heavy atom. The highest BCUT2D eigenvalue weighted by atomic mass is 15.3. The Kier molecular flexibility index (Phi) is 5.54. The number of rotatable bonds is 6. The fourth-order valence-electron chi connectivity index (χ4n) is 4.86. The second-order valence-electron chi connectivity index (χ2n) is 9.21. The van der Waals surface area contributed by atoms with E-state index in [1.54, 1.807) is 0 Å². The van der Waals surface area contributed by atoms with Gasteiger partial charge in [-0.25, -0.2) is 15.0 Å². The molecule has 0 saturated carbocycles. The number of aromatic amines is 1. The Bertz CT molecular complexity index is 1650. The van der Waals surface area contributed by atoms with Crippen LogP contribution in [0.25, 0.3) is 27.9 Å². The number of fused-ring (bicyclic) bond motifs is 2. The van der Waals surface area contributed by atoms with Gasteiger partial charge in [0.05, 0.1) is 17.6 Å². The highest BCUT2D eigenvalue weighted by Gasteiger charge is 2.23. The molecule has 5 heterocycles. The third-order valence-corrected chi connectivity index (χ3v) is 6.82. The van der Waals surface area contributed by atoms with Crippen LogP contribution in [0.3, 0.4) is 0 Å². The topological polar surface area (TPSA) is 104 Å². The molecule has 0 unspecified atom stereocenters. The molecule has 1 saturated heterocycles. The number of anilines is 3. The molecule has 1 aliphatic heterocycles. The lowest BCUT2D eigenvalue weighted by Gasteiger charge is -2.35. The van der Waals surface area contributed by atoms with E-state index in [0.717, 1.165) is 65.7 Å². The first-order valence-corrected chi connectivity index (χ1v) is 12.7. The summed E-state index contributed by atoms with van der Waals surface area (Å²) in [5, 5.41) is 3.48. The summed E-state index contributed by atoms with van der Waals surface area (Å²) in [6.45, 7) is 3.78. The molecular weight excluding hydrogens is 476 g/mol. The molecule has 0 bridgehead atoms. The van der Waals surface area contributed by atoms with Crippen LogP contribution in [0, 0.1) is 0 Å². The molecule has 0 spiro atoms. The van der Waals surface area contributed by atoms with Gasteiger partial charge in [-0.3, -0.25) is 4.57 Å². The quantitative estimate of drug-likeness (QED) is 0.352. The zero-order chi connectivity index (χ0) is 25.3. The molecule has 0 amide bonds. The molecule has 4 aromatic heterocycles. The first-order valence-electron chi connectivity index (χ1n) is 12.7. The Labute approximate surface area is 219 Å². The van der Waals surface area contributed by atoms with Crippen molar-refractivity contribution < 1.29 is 0 Å². The van der Waals surface area contributed by atoms with Gasteiger partial charge in [-0.05, 0) is 36.4 Å². The number of piperazine rings is 1. The number of benzene rings is 2. The molecule has 10 nitrogen and oxygen atoms in total. The maximum atomic E-state index is 5.00. The lowest BCUT2D eigenvalue weighted by Crippen LogP contribution is -2.47. The summed E-state index contributed by atoms with van der Waals surface area (Å²) in [5.74, 6) is 3.21. The molecule has 38 heavy (non-hydrogen) atoms. The number of para-hydroxylation sites is 3. The van der Waals surface area contributed by atoms with E-state index in [2.05, 4.69) is 43.3 Å². The zero-order valence-corrected chi connectivity index (χ0v) is 20.7. The summed E-state index contributed by atoms with van der Waals surface area (Å²) in [7, 11) is 0. The number of H-pyrrole nitrogens is 1. The van der Waals surface area contributed by atoms with E-state index in [4.69, 9.17) is 19.9 Å². The van der Waals surface area contributed by atoms with E-state index in [-0.39, 0.29) is 0 Å². The van der Waals surface area contributed by atoms with Crippen LogP contribution in [0.5, 0.6) is 0 Å².